The second-order valence-electron chi connectivity index (χ2n) is 6.49. The topological polar surface area (TPSA) is 67.3 Å². The first-order valence-corrected chi connectivity index (χ1v) is 7.64. The van der Waals surface area contributed by atoms with Crippen LogP contribution in [0.2, 0.25) is 0 Å². The summed E-state index contributed by atoms with van der Waals surface area (Å²) in [5, 5.41) is 0. The molecule has 2 aromatic rings. The minimum Gasteiger partial charge on any atom is -0.381 e. The van der Waals surface area contributed by atoms with Crippen LogP contribution in [-0.2, 0) is 11.8 Å². The summed E-state index contributed by atoms with van der Waals surface area (Å²) in [7, 11) is 1.72. The van der Waals surface area contributed by atoms with Crippen LogP contribution in [0.1, 0.15) is 23.2 Å². The second-order valence-corrected chi connectivity index (χ2v) is 6.49. The average molecular weight is 301 g/mol. The quantitative estimate of drug-likeness (QED) is 0.858. The van der Waals surface area contributed by atoms with Gasteiger partial charge in [-0.1, -0.05) is 0 Å². The zero-order valence-corrected chi connectivity index (χ0v) is 12.6. The Labute approximate surface area is 127 Å². The van der Waals surface area contributed by atoms with Crippen LogP contribution >= 0.6 is 0 Å². The number of likely N-dealkylation sites (tertiary alicyclic amines) is 1. The third-order valence-electron chi connectivity index (χ3n) is 5.04. The molecule has 6 heteroatoms. The standard InChI is InChI=1S/C16H19N3O3/c1-18-13-3-2-11(8-12(13)17-15(18)21)14(20)19-9-16(10-19)4-6-22-7-5-16/h2-3,8H,4-7,9-10H2,1H3,(H,17,21). The number of amides is 1. The summed E-state index contributed by atoms with van der Waals surface area (Å²) in [4.78, 5) is 28.9. The number of benzene rings is 1. The molecule has 2 aliphatic rings. The van der Waals surface area contributed by atoms with Crippen molar-refractivity contribution >= 4 is 16.9 Å². The van der Waals surface area contributed by atoms with Gasteiger partial charge >= 0.3 is 5.69 Å². The van der Waals surface area contributed by atoms with Crippen molar-refractivity contribution in [3.63, 3.8) is 0 Å². The molecule has 3 heterocycles. The fourth-order valence-electron chi connectivity index (χ4n) is 3.58. The Bertz CT molecular complexity index is 791. The Morgan fingerprint density at radius 2 is 2.00 bits per heavy atom. The largest absolute Gasteiger partial charge is 0.381 e. The van der Waals surface area contributed by atoms with Gasteiger partial charge in [0, 0.05) is 44.3 Å². The zero-order chi connectivity index (χ0) is 15.3. The van der Waals surface area contributed by atoms with Gasteiger partial charge in [-0.05, 0) is 31.0 Å². The van der Waals surface area contributed by atoms with Crippen molar-refractivity contribution in [2.45, 2.75) is 12.8 Å². The molecular weight excluding hydrogens is 282 g/mol. The highest BCUT2D eigenvalue weighted by Crippen LogP contribution is 2.40. The van der Waals surface area contributed by atoms with Gasteiger partial charge in [0.15, 0.2) is 0 Å². The maximum absolute atomic E-state index is 12.6. The molecule has 116 valence electrons. The molecule has 4 rings (SSSR count). The Morgan fingerprint density at radius 3 is 2.73 bits per heavy atom. The van der Waals surface area contributed by atoms with E-state index in [2.05, 4.69) is 4.98 Å². The number of hydrogen-bond acceptors (Lipinski definition) is 3. The summed E-state index contributed by atoms with van der Waals surface area (Å²) in [6.45, 7) is 3.25. The molecule has 0 radical (unpaired) electrons. The molecule has 6 nitrogen and oxygen atoms in total. The van der Waals surface area contributed by atoms with Gasteiger partial charge in [0.05, 0.1) is 11.0 Å². The van der Waals surface area contributed by atoms with E-state index in [4.69, 9.17) is 4.74 Å². The number of hydrogen-bond donors (Lipinski definition) is 1. The number of fused-ring (bicyclic) bond motifs is 1. The number of ether oxygens (including phenoxy) is 1. The number of carbonyl (C=O) groups is 1. The molecule has 0 bridgehead atoms. The van der Waals surface area contributed by atoms with Crippen molar-refractivity contribution in [2.24, 2.45) is 12.5 Å². The van der Waals surface area contributed by atoms with Crippen LogP contribution in [0, 0.1) is 5.41 Å². The van der Waals surface area contributed by atoms with Gasteiger partial charge in [0.1, 0.15) is 0 Å². The van der Waals surface area contributed by atoms with Crippen molar-refractivity contribution < 1.29 is 9.53 Å². The molecule has 2 fully saturated rings. The van der Waals surface area contributed by atoms with Crippen LogP contribution in [0.25, 0.3) is 11.0 Å². The van der Waals surface area contributed by atoms with Crippen LogP contribution in [-0.4, -0.2) is 46.7 Å². The lowest BCUT2D eigenvalue weighted by Crippen LogP contribution is -2.60. The van der Waals surface area contributed by atoms with E-state index in [1.54, 1.807) is 23.7 Å². The third-order valence-corrected chi connectivity index (χ3v) is 5.04. The SMILES string of the molecule is Cn1c(=O)[nH]c2cc(C(=O)N3CC4(CCOCC4)C3)ccc21. The number of imidazole rings is 1. The van der Waals surface area contributed by atoms with E-state index >= 15 is 0 Å². The molecule has 22 heavy (non-hydrogen) atoms. The molecule has 1 spiro atoms. The highest BCUT2D eigenvalue weighted by Gasteiger charge is 2.45. The van der Waals surface area contributed by atoms with Crippen molar-refractivity contribution in [3.8, 4) is 0 Å². The molecule has 1 amide bonds. The minimum atomic E-state index is -0.162. The number of aromatic nitrogens is 2. The first-order valence-electron chi connectivity index (χ1n) is 7.64. The van der Waals surface area contributed by atoms with Crippen LogP contribution in [0.4, 0.5) is 0 Å². The van der Waals surface area contributed by atoms with Crippen LogP contribution in [0.15, 0.2) is 23.0 Å². The molecule has 0 aliphatic carbocycles. The van der Waals surface area contributed by atoms with E-state index in [0.717, 1.165) is 44.7 Å². The molecule has 1 N–H and O–H groups in total. The number of aromatic amines is 1. The van der Waals surface area contributed by atoms with E-state index in [1.807, 2.05) is 11.0 Å². The summed E-state index contributed by atoms with van der Waals surface area (Å²) in [6.07, 6.45) is 2.09. The molecule has 0 saturated carbocycles. The molecule has 2 aliphatic heterocycles. The summed E-state index contributed by atoms with van der Waals surface area (Å²) in [6, 6.07) is 5.39. The van der Waals surface area contributed by atoms with E-state index in [9.17, 15) is 9.59 Å². The highest BCUT2D eigenvalue weighted by molar-refractivity contribution is 5.97. The van der Waals surface area contributed by atoms with Crippen molar-refractivity contribution in [1.82, 2.24) is 14.5 Å². The number of carbonyl (C=O) groups excluding carboxylic acids is 1. The number of H-pyrrole nitrogens is 1. The number of aryl methyl sites for hydroxylation is 1. The number of nitrogens with one attached hydrogen (secondary N) is 1. The molecule has 0 unspecified atom stereocenters. The number of rotatable bonds is 1. The maximum Gasteiger partial charge on any atom is 0.326 e. The summed E-state index contributed by atoms with van der Waals surface area (Å²) in [5.41, 5.74) is 2.27. The van der Waals surface area contributed by atoms with Gasteiger partial charge in [-0.25, -0.2) is 4.79 Å². The van der Waals surface area contributed by atoms with Gasteiger partial charge in [-0.2, -0.15) is 0 Å². The maximum atomic E-state index is 12.6. The number of nitrogens with zero attached hydrogens (tertiary/aromatic N) is 2. The van der Waals surface area contributed by atoms with E-state index in [1.165, 1.54) is 0 Å². The Hall–Kier alpha value is -2.08. The summed E-state index contributed by atoms with van der Waals surface area (Å²) < 4.78 is 6.95. The van der Waals surface area contributed by atoms with Gasteiger partial charge in [-0.3, -0.25) is 9.36 Å². The first kappa shape index (κ1) is 13.6. The lowest BCUT2D eigenvalue weighted by molar-refractivity contribution is -0.0666. The van der Waals surface area contributed by atoms with Gasteiger partial charge in [0.2, 0.25) is 0 Å². The monoisotopic (exact) mass is 301 g/mol. The molecule has 1 aromatic carbocycles. The van der Waals surface area contributed by atoms with Crippen molar-refractivity contribution in [3.05, 3.63) is 34.2 Å². The zero-order valence-electron chi connectivity index (χ0n) is 12.6. The predicted octanol–water partition coefficient (Wildman–Crippen LogP) is 1.12. The van der Waals surface area contributed by atoms with E-state index in [0.29, 0.717) is 11.1 Å². The molecule has 1 aromatic heterocycles. The minimum absolute atomic E-state index is 0.0451. The van der Waals surface area contributed by atoms with Crippen LogP contribution in [0.5, 0.6) is 0 Å². The van der Waals surface area contributed by atoms with Crippen LogP contribution in [0.3, 0.4) is 0 Å². The van der Waals surface area contributed by atoms with E-state index < -0.39 is 0 Å². The smallest absolute Gasteiger partial charge is 0.326 e. The molecule has 2 saturated heterocycles. The van der Waals surface area contributed by atoms with Gasteiger partial charge in [-0.15, -0.1) is 0 Å². The summed E-state index contributed by atoms with van der Waals surface area (Å²) in [5.74, 6) is 0.0451. The fraction of sp³-hybridized carbons (Fsp3) is 0.500. The second kappa shape index (κ2) is 4.71. The average Bonchev–Trinajstić information content (AvgIpc) is 2.79. The lowest BCUT2D eigenvalue weighted by Gasteiger charge is -2.52. The van der Waals surface area contributed by atoms with Crippen molar-refractivity contribution in [1.29, 1.82) is 0 Å². The summed E-state index contributed by atoms with van der Waals surface area (Å²) >= 11 is 0. The lowest BCUT2D eigenvalue weighted by atomic mass is 9.73. The molecular formula is C16H19N3O3. The normalized spacial score (nSPS) is 20.3. The predicted molar refractivity (Wildman–Crippen MR) is 81.9 cm³/mol. The first-order chi connectivity index (χ1) is 10.6. The Balaban J connectivity index is 1.55. The van der Waals surface area contributed by atoms with E-state index in [-0.39, 0.29) is 17.0 Å². The third kappa shape index (κ3) is 1.98. The highest BCUT2D eigenvalue weighted by atomic mass is 16.5. The van der Waals surface area contributed by atoms with Crippen LogP contribution < -0.4 is 5.69 Å². The molecule has 0 atom stereocenters. The van der Waals surface area contributed by atoms with Crippen molar-refractivity contribution in [2.75, 3.05) is 26.3 Å². The fourth-order valence-corrected chi connectivity index (χ4v) is 3.58. The van der Waals surface area contributed by atoms with Gasteiger partial charge < -0.3 is 14.6 Å². The Kier molecular flexibility index (Phi) is 2.91. The Morgan fingerprint density at radius 1 is 1.27 bits per heavy atom. The van der Waals surface area contributed by atoms with Gasteiger partial charge in [0.25, 0.3) is 5.91 Å².